The van der Waals surface area contributed by atoms with E-state index < -0.39 is 30.0 Å². The van der Waals surface area contributed by atoms with Crippen molar-refractivity contribution >= 4 is 23.9 Å². The molecule has 0 saturated carbocycles. The summed E-state index contributed by atoms with van der Waals surface area (Å²) in [5, 5.41) is 2.47. The second kappa shape index (κ2) is 10.8. The minimum atomic E-state index is -0.964. The van der Waals surface area contributed by atoms with Gasteiger partial charge in [-0.15, -0.1) is 0 Å². The number of rotatable bonds is 8. The molecule has 1 heterocycles. The first-order valence-corrected chi connectivity index (χ1v) is 9.26. The van der Waals surface area contributed by atoms with Gasteiger partial charge in [0.25, 0.3) is 0 Å². The van der Waals surface area contributed by atoms with E-state index in [1.165, 1.54) is 0 Å². The molecule has 9 heteroatoms. The predicted molar refractivity (Wildman–Crippen MR) is 101 cm³/mol. The first-order chi connectivity index (χ1) is 13.9. The molecule has 2 amide bonds. The third-order valence-electron chi connectivity index (χ3n) is 3.99. The first-order valence-electron chi connectivity index (χ1n) is 9.26. The molecule has 0 spiro atoms. The van der Waals surface area contributed by atoms with Crippen molar-refractivity contribution < 1.29 is 33.4 Å². The molecule has 29 heavy (non-hydrogen) atoms. The van der Waals surface area contributed by atoms with Gasteiger partial charge in [-0.2, -0.15) is 0 Å². The number of hydrogen-bond donors (Lipinski definition) is 1. The van der Waals surface area contributed by atoms with Gasteiger partial charge in [-0.1, -0.05) is 30.3 Å². The highest BCUT2D eigenvalue weighted by molar-refractivity contribution is 5.94. The lowest BCUT2D eigenvalue weighted by molar-refractivity contribution is -0.147. The van der Waals surface area contributed by atoms with Crippen LogP contribution < -0.4 is 5.32 Å². The first kappa shape index (κ1) is 21.9. The van der Waals surface area contributed by atoms with E-state index in [9.17, 15) is 19.2 Å². The number of likely N-dealkylation sites (tertiary alicyclic amines) is 1. The molecular formula is C20H24N2O7. The monoisotopic (exact) mass is 404 g/mol. The summed E-state index contributed by atoms with van der Waals surface area (Å²) >= 11 is 0. The second-order valence-electron chi connectivity index (χ2n) is 6.08. The van der Waals surface area contributed by atoms with Crippen LogP contribution in [-0.4, -0.2) is 54.6 Å². The summed E-state index contributed by atoms with van der Waals surface area (Å²) < 4.78 is 14.9. The fourth-order valence-electron chi connectivity index (χ4n) is 2.73. The van der Waals surface area contributed by atoms with Gasteiger partial charge in [0.05, 0.1) is 13.2 Å². The molecule has 2 rings (SSSR count). The Balaban J connectivity index is 2.03. The van der Waals surface area contributed by atoms with Crippen LogP contribution in [0.2, 0.25) is 0 Å². The summed E-state index contributed by atoms with van der Waals surface area (Å²) in [4.78, 5) is 49.4. The van der Waals surface area contributed by atoms with E-state index in [1.807, 2.05) is 18.2 Å². The molecule has 1 aromatic carbocycles. The van der Waals surface area contributed by atoms with Crippen LogP contribution in [0.3, 0.4) is 0 Å². The van der Waals surface area contributed by atoms with E-state index >= 15 is 0 Å². The van der Waals surface area contributed by atoms with Crippen LogP contribution in [0.5, 0.6) is 0 Å². The molecule has 1 aromatic rings. The number of amides is 2. The Hall–Kier alpha value is -3.36. The zero-order chi connectivity index (χ0) is 21.2. The van der Waals surface area contributed by atoms with Crippen molar-refractivity contribution in [3.63, 3.8) is 0 Å². The summed E-state index contributed by atoms with van der Waals surface area (Å²) in [5.74, 6) is -1.80. The number of nitrogens with one attached hydrogen (secondary N) is 1. The molecule has 0 unspecified atom stereocenters. The minimum absolute atomic E-state index is 0.0253. The number of carbonyl (C=O) groups is 4. The number of hydrogen-bond acceptors (Lipinski definition) is 7. The number of carbonyl (C=O) groups excluding carboxylic acids is 4. The molecule has 0 aliphatic carbocycles. The van der Waals surface area contributed by atoms with Crippen molar-refractivity contribution in [1.82, 2.24) is 10.2 Å². The van der Waals surface area contributed by atoms with Gasteiger partial charge in [0.2, 0.25) is 5.91 Å². The Bertz CT molecular complexity index is 776. The second-order valence-corrected chi connectivity index (χ2v) is 6.08. The molecule has 0 bridgehead atoms. The topological polar surface area (TPSA) is 111 Å². The van der Waals surface area contributed by atoms with Gasteiger partial charge < -0.3 is 24.4 Å². The van der Waals surface area contributed by atoms with Crippen molar-refractivity contribution in [2.45, 2.75) is 32.9 Å². The molecule has 0 aromatic heterocycles. The maximum absolute atomic E-state index is 12.7. The number of esters is 2. The SMILES string of the molecule is CCOC(=O)/C=C1\C[C@H](NC(=O)OCc2ccccc2)C(=O)N1CC(=O)OCC. The lowest BCUT2D eigenvalue weighted by atomic mass is 10.2. The van der Waals surface area contributed by atoms with Crippen LogP contribution in [0, 0.1) is 0 Å². The number of ether oxygens (including phenoxy) is 3. The van der Waals surface area contributed by atoms with Crippen LogP contribution in [0.1, 0.15) is 25.8 Å². The third kappa shape index (κ3) is 6.63. The van der Waals surface area contributed by atoms with Crippen LogP contribution in [0.25, 0.3) is 0 Å². The quantitative estimate of drug-likeness (QED) is 0.397. The fourth-order valence-corrected chi connectivity index (χ4v) is 2.73. The highest BCUT2D eigenvalue weighted by atomic mass is 16.5. The van der Waals surface area contributed by atoms with E-state index in [-0.39, 0.29) is 38.5 Å². The molecule has 1 aliphatic rings. The van der Waals surface area contributed by atoms with Gasteiger partial charge in [0.1, 0.15) is 19.2 Å². The number of benzene rings is 1. The van der Waals surface area contributed by atoms with Gasteiger partial charge >= 0.3 is 18.0 Å². The normalized spacial score (nSPS) is 17.2. The Labute approximate surface area is 168 Å². The predicted octanol–water partition coefficient (Wildman–Crippen LogP) is 1.52. The summed E-state index contributed by atoms with van der Waals surface area (Å²) in [5.41, 5.74) is 1.06. The maximum atomic E-state index is 12.7. The smallest absolute Gasteiger partial charge is 0.408 e. The average molecular weight is 404 g/mol. The summed E-state index contributed by atoms with van der Waals surface area (Å²) in [6, 6.07) is 8.11. The van der Waals surface area contributed by atoms with Gasteiger partial charge in [0, 0.05) is 18.2 Å². The molecule has 156 valence electrons. The number of nitrogens with zero attached hydrogens (tertiary/aromatic N) is 1. The van der Waals surface area contributed by atoms with Crippen LogP contribution >= 0.6 is 0 Å². The van der Waals surface area contributed by atoms with Crippen molar-refractivity contribution in [2.75, 3.05) is 19.8 Å². The summed E-state index contributed by atoms with van der Waals surface area (Å²) in [6.45, 7) is 3.31. The zero-order valence-corrected chi connectivity index (χ0v) is 16.4. The van der Waals surface area contributed by atoms with E-state index in [0.29, 0.717) is 0 Å². The standard InChI is InChI=1S/C20H24N2O7/c1-3-27-17(23)11-15-10-16(19(25)22(15)12-18(24)28-4-2)21-20(26)29-13-14-8-6-5-7-9-14/h5-9,11,16H,3-4,10,12-13H2,1-2H3,(H,21,26)/b15-11+/t16-/m0/s1. The minimum Gasteiger partial charge on any atom is -0.465 e. The van der Waals surface area contributed by atoms with Crippen molar-refractivity contribution in [3.8, 4) is 0 Å². The van der Waals surface area contributed by atoms with Crippen LogP contribution in [0.15, 0.2) is 42.1 Å². The molecule has 0 radical (unpaired) electrons. The van der Waals surface area contributed by atoms with E-state index in [2.05, 4.69) is 5.32 Å². The maximum Gasteiger partial charge on any atom is 0.408 e. The molecular weight excluding hydrogens is 380 g/mol. The Morgan fingerprint density at radius 2 is 1.79 bits per heavy atom. The van der Waals surface area contributed by atoms with Gasteiger partial charge in [-0.25, -0.2) is 9.59 Å². The third-order valence-corrected chi connectivity index (χ3v) is 3.99. The van der Waals surface area contributed by atoms with Crippen LogP contribution in [-0.2, 0) is 35.2 Å². The summed E-state index contributed by atoms with van der Waals surface area (Å²) in [7, 11) is 0. The van der Waals surface area contributed by atoms with Gasteiger partial charge in [0.15, 0.2) is 0 Å². The fraction of sp³-hybridized carbons (Fsp3) is 0.400. The molecule has 1 aliphatic heterocycles. The van der Waals surface area contributed by atoms with E-state index in [4.69, 9.17) is 14.2 Å². The lowest BCUT2D eigenvalue weighted by Crippen LogP contribution is -2.42. The van der Waals surface area contributed by atoms with Gasteiger partial charge in [-0.3, -0.25) is 9.59 Å². The zero-order valence-electron chi connectivity index (χ0n) is 16.4. The number of alkyl carbamates (subject to hydrolysis) is 1. The van der Waals surface area contributed by atoms with Crippen LogP contribution in [0.4, 0.5) is 4.79 Å². The van der Waals surface area contributed by atoms with Crippen molar-refractivity contribution in [2.24, 2.45) is 0 Å². The van der Waals surface area contributed by atoms with Crippen molar-refractivity contribution in [3.05, 3.63) is 47.7 Å². The molecule has 1 atom stereocenters. The lowest BCUT2D eigenvalue weighted by Gasteiger charge is -2.17. The highest BCUT2D eigenvalue weighted by Crippen LogP contribution is 2.23. The molecule has 1 saturated heterocycles. The Kier molecular flexibility index (Phi) is 8.20. The largest absolute Gasteiger partial charge is 0.465 e. The van der Waals surface area contributed by atoms with Gasteiger partial charge in [-0.05, 0) is 19.4 Å². The molecule has 1 N–H and O–H groups in total. The van der Waals surface area contributed by atoms with E-state index in [0.717, 1.165) is 16.5 Å². The highest BCUT2D eigenvalue weighted by Gasteiger charge is 2.38. The van der Waals surface area contributed by atoms with E-state index in [1.54, 1.807) is 26.0 Å². The Morgan fingerprint density at radius 3 is 2.45 bits per heavy atom. The average Bonchev–Trinajstić information content (AvgIpc) is 2.96. The summed E-state index contributed by atoms with van der Waals surface area (Å²) in [6.07, 6.45) is 0.385. The molecule has 1 fully saturated rings. The molecule has 9 nitrogen and oxygen atoms in total. The van der Waals surface area contributed by atoms with Crippen molar-refractivity contribution in [1.29, 1.82) is 0 Å². The Morgan fingerprint density at radius 1 is 1.10 bits per heavy atom.